The lowest BCUT2D eigenvalue weighted by Gasteiger charge is -2.12. The Morgan fingerprint density at radius 1 is 1.33 bits per heavy atom. The average Bonchev–Trinajstić information content (AvgIpc) is 2.63. The molecule has 0 N–H and O–H groups in total. The van der Waals surface area contributed by atoms with Crippen molar-refractivity contribution >= 4 is 25.8 Å². The van der Waals surface area contributed by atoms with Crippen LogP contribution in [0.5, 0.6) is 5.75 Å². The van der Waals surface area contributed by atoms with Crippen LogP contribution in [0.1, 0.15) is 17.5 Å². The molecular formula is C13H17BrO3S. The largest absolute Gasteiger partial charge is 0.493 e. The molecule has 18 heavy (non-hydrogen) atoms. The standard InChI is InChI=1S/C13H17BrO3S/c1-9-5-12(6-10(2)13(9)14)17-7-11-3-4-18(15,16)8-11/h5-6,11H,3-4,7-8H2,1-2H3/t11-/m0/s1. The van der Waals surface area contributed by atoms with Gasteiger partial charge in [-0.2, -0.15) is 0 Å². The lowest BCUT2D eigenvalue weighted by Crippen LogP contribution is -2.13. The minimum atomic E-state index is -2.81. The van der Waals surface area contributed by atoms with Crippen LogP contribution < -0.4 is 4.74 Å². The predicted octanol–water partition coefficient (Wildman–Crippen LogP) is 2.88. The van der Waals surface area contributed by atoms with E-state index in [9.17, 15) is 8.42 Å². The third-order valence-corrected chi connectivity index (χ3v) is 6.31. The van der Waals surface area contributed by atoms with Crippen LogP contribution in [0.15, 0.2) is 16.6 Å². The summed E-state index contributed by atoms with van der Waals surface area (Å²) in [6.45, 7) is 4.52. The van der Waals surface area contributed by atoms with Gasteiger partial charge in [0.15, 0.2) is 9.84 Å². The van der Waals surface area contributed by atoms with E-state index >= 15 is 0 Å². The molecule has 0 unspecified atom stereocenters. The number of hydrogen-bond acceptors (Lipinski definition) is 3. The molecule has 0 amide bonds. The van der Waals surface area contributed by atoms with Crippen LogP contribution in [0.2, 0.25) is 0 Å². The van der Waals surface area contributed by atoms with E-state index in [1.807, 2.05) is 26.0 Å². The van der Waals surface area contributed by atoms with E-state index in [4.69, 9.17) is 4.74 Å². The molecule has 1 aliphatic heterocycles. The van der Waals surface area contributed by atoms with Crippen molar-refractivity contribution in [1.82, 2.24) is 0 Å². The Balaban J connectivity index is 1.99. The maximum Gasteiger partial charge on any atom is 0.150 e. The summed E-state index contributed by atoms with van der Waals surface area (Å²) in [4.78, 5) is 0. The summed E-state index contributed by atoms with van der Waals surface area (Å²) in [6, 6.07) is 3.95. The van der Waals surface area contributed by atoms with Crippen molar-refractivity contribution in [2.45, 2.75) is 20.3 Å². The highest BCUT2D eigenvalue weighted by atomic mass is 79.9. The summed E-state index contributed by atoms with van der Waals surface area (Å²) in [5, 5.41) is 0. The van der Waals surface area contributed by atoms with Crippen LogP contribution >= 0.6 is 15.9 Å². The molecule has 1 heterocycles. The summed E-state index contributed by atoms with van der Waals surface area (Å²) in [5.74, 6) is 1.53. The van der Waals surface area contributed by atoms with Crippen molar-refractivity contribution in [2.24, 2.45) is 5.92 Å². The third-order valence-electron chi connectivity index (χ3n) is 3.22. The second kappa shape index (κ2) is 5.21. The Kier molecular flexibility index (Phi) is 4.02. The van der Waals surface area contributed by atoms with E-state index in [0.717, 1.165) is 27.8 Å². The molecule has 1 aliphatic rings. The van der Waals surface area contributed by atoms with Gasteiger partial charge in [-0.1, -0.05) is 15.9 Å². The molecule has 2 rings (SSSR count). The van der Waals surface area contributed by atoms with Gasteiger partial charge in [0.25, 0.3) is 0 Å². The van der Waals surface area contributed by atoms with E-state index in [1.54, 1.807) is 0 Å². The maximum absolute atomic E-state index is 11.3. The first-order valence-electron chi connectivity index (χ1n) is 5.97. The molecule has 0 aliphatic carbocycles. The number of benzene rings is 1. The summed E-state index contributed by atoms with van der Waals surface area (Å²) < 4.78 is 29.5. The second-order valence-corrected chi connectivity index (χ2v) is 7.97. The quantitative estimate of drug-likeness (QED) is 0.854. The van der Waals surface area contributed by atoms with Gasteiger partial charge in [0.1, 0.15) is 5.75 Å². The first-order valence-corrected chi connectivity index (χ1v) is 8.59. The molecule has 3 nitrogen and oxygen atoms in total. The van der Waals surface area contributed by atoms with E-state index < -0.39 is 9.84 Å². The van der Waals surface area contributed by atoms with Gasteiger partial charge in [-0.3, -0.25) is 0 Å². The van der Waals surface area contributed by atoms with Gasteiger partial charge in [-0.25, -0.2) is 8.42 Å². The van der Waals surface area contributed by atoms with Crippen LogP contribution in [0.4, 0.5) is 0 Å². The molecule has 0 bridgehead atoms. The number of sulfone groups is 1. The summed E-state index contributed by atoms with van der Waals surface area (Å²) >= 11 is 3.51. The van der Waals surface area contributed by atoms with Crippen LogP contribution in [0.3, 0.4) is 0 Å². The van der Waals surface area contributed by atoms with Gasteiger partial charge in [-0.05, 0) is 43.5 Å². The molecule has 0 radical (unpaired) electrons. The average molecular weight is 333 g/mol. The van der Waals surface area contributed by atoms with Crippen LogP contribution in [0.25, 0.3) is 0 Å². The van der Waals surface area contributed by atoms with E-state index in [1.165, 1.54) is 0 Å². The first kappa shape index (κ1) is 13.9. The highest BCUT2D eigenvalue weighted by molar-refractivity contribution is 9.10. The minimum absolute atomic E-state index is 0.138. The van der Waals surface area contributed by atoms with E-state index in [2.05, 4.69) is 15.9 Å². The van der Waals surface area contributed by atoms with Crippen LogP contribution in [-0.4, -0.2) is 26.5 Å². The molecule has 1 atom stereocenters. The van der Waals surface area contributed by atoms with Gasteiger partial charge < -0.3 is 4.74 Å². The molecule has 100 valence electrons. The van der Waals surface area contributed by atoms with Gasteiger partial charge in [-0.15, -0.1) is 0 Å². The maximum atomic E-state index is 11.3. The molecule has 5 heteroatoms. The molecule has 0 aromatic heterocycles. The predicted molar refractivity (Wildman–Crippen MR) is 75.9 cm³/mol. The van der Waals surface area contributed by atoms with Gasteiger partial charge >= 0.3 is 0 Å². The zero-order valence-corrected chi connectivity index (χ0v) is 13.0. The van der Waals surface area contributed by atoms with Crippen molar-refractivity contribution in [2.75, 3.05) is 18.1 Å². The van der Waals surface area contributed by atoms with Gasteiger partial charge in [0.05, 0.1) is 18.1 Å². The number of halogens is 1. The van der Waals surface area contributed by atoms with Crippen molar-refractivity contribution in [3.8, 4) is 5.75 Å². The van der Waals surface area contributed by atoms with Crippen molar-refractivity contribution in [1.29, 1.82) is 0 Å². The van der Waals surface area contributed by atoms with Gasteiger partial charge in [0.2, 0.25) is 0 Å². The Hall–Kier alpha value is -0.550. The van der Waals surface area contributed by atoms with Gasteiger partial charge in [0, 0.05) is 10.4 Å². The fourth-order valence-corrected chi connectivity index (χ4v) is 4.28. The number of ether oxygens (including phenoxy) is 1. The van der Waals surface area contributed by atoms with E-state index in [0.29, 0.717) is 12.4 Å². The minimum Gasteiger partial charge on any atom is -0.493 e. The van der Waals surface area contributed by atoms with Crippen molar-refractivity contribution in [3.63, 3.8) is 0 Å². The fraction of sp³-hybridized carbons (Fsp3) is 0.538. The zero-order chi connectivity index (χ0) is 13.3. The first-order chi connectivity index (χ1) is 8.37. The molecular weight excluding hydrogens is 316 g/mol. The normalized spacial score (nSPS) is 22.1. The molecule has 0 spiro atoms. The third kappa shape index (κ3) is 3.26. The number of rotatable bonds is 3. The second-order valence-electron chi connectivity index (χ2n) is 4.95. The number of aryl methyl sites for hydroxylation is 2. The SMILES string of the molecule is Cc1cc(OC[C@@H]2CCS(=O)(=O)C2)cc(C)c1Br. The zero-order valence-electron chi connectivity index (χ0n) is 10.6. The highest BCUT2D eigenvalue weighted by Crippen LogP contribution is 2.27. The Labute approximate surface area is 117 Å². The molecule has 1 fully saturated rings. The molecule has 1 saturated heterocycles. The highest BCUT2D eigenvalue weighted by Gasteiger charge is 2.28. The Bertz CT molecular complexity index is 528. The molecule has 1 aromatic carbocycles. The number of hydrogen-bond donors (Lipinski definition) is 0. The van der Waals surface area contributed by atoms with Crippen molar-refractivity contribution < 1.29 is 13.2 Å². The fourth-order valence-electron chi connectivity index (χ4n) is 2.21. The lowest BCUT2D eigenvalue weighted by molar-refractivity contribution is 0.263. The molecule has 1 aromatic rings. The molecule has 0 saturated carbocycles. The Morgan fingerprint density at radius 2 is 1.94 bits per heavy atom. The van der Waals surface area contributed by atoms with Crippen LogP contribution in [-0.2, 0) is 9.84 Å². The van der Waals surface area contributed by atoms with Crippen molar-refractivity contribution in [3.05, 3.63) is 27.7 Å². The van der Waals surface area contributed by atoms with E-state index in [-0.39, 0.29) is 11.7 Å². The smallest absolute Gasteiger partial charge is 0.150 e. The lowest BCUT2D eigenvalue weighted by atomic mass is 10.1. The topological polar surface area (TPSA) is 43.4 Å². The summed E-state index contributed by atoms with van der Waals surface area (Å²) in [5.41, 5.74) is 2.26. The summed E-state index contributed by atoms with van der Waals surface area (Å²) in [6.07, 6.45) is 0.719. The van der Waals surface area contributed by atoms with Crippen LogP contribution in [0, 0.1) is 19.8 Å². The summed E-state index contributed by atoms with van der Waals surface area (Å²) in [7, 11) is -2.81. The Morgan fingerprint density at radius 3 is 2.44 bits per heavy atom. The monoisotopic (exact) mass is 332 g/mol.